The fourth-order valence-corrected chi connectivity index (χ4v) is 4.37. The van der Waals surface area contributed by atoms with Gasteiger partial charge < -0.3 is 4.90 Å². The van der Waals surface area contributed by atoms with E-state index in [0.29, 0.717) is 19.5 Å². The van der Waals surface area contributed by atoms with E-state index in [9.17, 15) is 13.2 Å². The molecule has 0 aliphatic carbocycles. The maximum absolute atomic E-state index is 15.6. The fraction of sp³-hybridized carbons (Fsp3) is 0.304. The molecule has 0 saturated carbocycles. The molecule has 1 saturated heterocycles. The molecule has 0 atom stereocenters. The minimum absolute atomic E-state index is 0.0896. The molecule has 1 fully saturated rings. The molecule has 0 bridgehead atoms. The molecule has 36 heavy (non-hydrogen) atoms. The summed E-state index contributed by atoms with van der Waals surface area (Å²) in [6, 6.07) is 12.1. The van der Waals surface area contributed by atoms with Crippen molar-refractivity contribution in [3.63, 3.8) is 0 Å². The number of hydrogen-bond donors (Lipinski definition) is 0. The van der Waals surface area contributed by atoms with Gasteiger partial charge in [0.2, 0.25) is 11.5 Å². The maximum atomic E-state index is 15.6. The monoisotopic (exact) mass is 500 g/mol. The van der Waals surface area contributed by atoms with Crippen LogP contribution in [0.1, 0.15) is 28.9 Å². The molecule has 4 aromatic rings. The Kier molecular flexibility index (Phi) is 4.82. The van der Waals surface area contributed by atoms with E-state index in [1.807, 2.05) is 0 Å². The zero-order valence-corrected chi connectivity index (χ0v) is 18.5. The number of rotatable bonds is 5. The van der Waals surface area contributed by atoms with Crippen molar-refractivity contribution < 1.29 is 22.0 Å². The van der Waals surface area contributed by atoms with Crippen LogP contribution in [0.4, 0.5) is 27.8 Å². The van der Waals surface area contributed by atoms with E-state index in [1.54, 1.807) is 11.0 Å². The van der Waals surface area contributed by atoms with Gasteiger partial charge in [-0.1, -0.05) is 53.7 Å². The number of hydrogen-bond acceptors (Lipinski definition) is 7. The highest BCUT2D eigenvalue weighted by atomic mass is 19.4. The van der Waals surface area contributed by atoms with Crippen molar-refractivity contribution in [3.8, 4) is 0 Å². The summed E-state index contributed by atoms with van der Waals surface area (Å²) in [4.78, 5) is 10.00. The van der Waals surface area contributed by atoms with Gasteiger partial charge in [-0.2, -0.15) is 32.2 Å². The van der Waals surface area contributed by atoms with Crippen molar-refractivity contribution in [2.45, 2.75) is 30.7 Å². The molecule has 2 aliphatic rings. The smallest absolute Gasteiger partial charge is 0.350 e. The number of aromatic nitrogens is 5. The molecule has 184 valence electrons. The van der Waals surface area contributed by atoms with Crippen LogP contribution in [0.3, 0.4) is 0 Å². The first-order valence-electron chi connectivity index (χ1n) is 11.1. The second-order valence-electron chi connectivity index (χ2n) is 8.74. The average molecular weight is 500 g/mol. The summed E-state index contributed by atoms with van der Waals surface area (Å²) in [6.45, 7) is 0.409. The van der Waals surface area contributed by atoms with Crippen LogP contribution < -0.4 is 4.90 Å². The van der Waals surface area contributed by atoms with Gasteiger partial charge >= 0.3 is 12.1 Å². The van der Waals surface area contributed by atoms with E-state index in [1.165, 1.54) is 42.5 Å². The van der Waals surface area contributed by atoms with Gasteiger partial charge in [-0.25, -0.2) is 14.6 Å². The van der Waals surface area contributed by atoms with Gasteiger partial charge in [0, 0.05) is 18.5 Å². The molecule has 13 heteroatoms. The van der Waals surface area contributed by atoms with Crippen LogP contribution in [0.5, 0.6) is 0 Å². The van der Waals surface area contributed by atoms with Gasteiger partial charge in [-0.3, -0.25) is 0 Å². The van der Waals surface area contributed by atoms with E-state index in [4.69, 9.17) is 0 Å². The van der Waals surface area contributed by atoms with E-state index in [0.717, 1.165) is 10.7 Å². The summed E-state index contributed by atoms with van der Waals surface area (Å²) in [6.07, 6.45) is -4.00. The molecule has 0 amide bonds. The SMILES string of the molecule is FC(F)(F)c1ccccc1Cn1nnc2c(N3CCC4(C3)N=N4)nc(C(F)(F)c3ccccc3)nc21. The lowest BCUT2D eigenvalue weighted by Gasteiger charge is -2.20. The van der Waals surface area contributed by atoms with Gasteiger partial charge in [0.1, 0.15) is 0 Å². The third-order valence-electron chi connectivity index (χ3n) is 6.31. The Hall–Kier alpha value is -4.03. The highest BCUT2D eigenvalue weighted by molar-refractivity contribution is 5.83. The van der Waals surface area contributed by atoms with Gasteiger partial charge in [-0.05, 0) is 11.6 Å². The summed E-state index contributed by atoms with van der Waals surface area (Å²) in [5.41, 5.74) is -1.80. The number of alkyl halides is 5. The van der Waals surface area contributed by atoms with Crippen LogP contribution in [0.15, 0.2) is 64.8 Å². The van der Waals surface area contributed by atoms with Gasteiger partial charge in [0.15, 0.2) is 17.0 Å². The van der Waals surface area contributed by atoms with Crippen LogP contribution in [0.25, 0.3) is 11.2 Å². The molecular formula is C23H17F5N8. The van der Waals surface area contributed by atoms with E-state index in [-0.39, 0.29) is 34.7 Å². The minimum atomic E-state index is -4.60. The Morgan fingerprint density at radius 3 is 2.31 bits per heavy atom. The molecule has 0 radical (unpaired) electrons. The third kappa shape index (κ3) is 3.74. The van der Waals surface area contributed by atoms with Crippen molar-refractivity contribution in [2.75, 3.05) is 18.0 Å². The lowest BCUT2D eigenvalue weighted by Crippen LogP contribution is -2.27. The van der Waals surface area contributed by atoms with E-state index in [2.05, 4.69) is 30.5 Å². The van der Waals surface area contributed by atoms with E-state index >= 15 is 8.78 Å². The Labute approximate surface area is 200 Å². The Bertz CT molecular complexity index is 1480. The first-order chi connectivity index (χ1) is 17.2. The van der Waals surface area contributed by atoms with Crippen LogP contribution in [-0.2, 0) is 18.6 Å². The molecule has 2 aromatic carbocycles. The number of halogens is 5. The third-order valence-corrected chi connectivity index (χ3v) is 6.31. The second-order valence-corrected chi connectivity index (χ2v) is 8.74. The van der Waals surface area contributed by atoms with Crippen molar-refractivity contribution in [3.05, 3.63) is 77.1 Å². The van der Waals surface area contributed by atoms with Gasteiger partial charge in [-0.15, -0.1) is 5.10 Å². The summed E-state index contributed by atoms with van der Waals surface area (Å²) in [5.74, 6) is -4.25. The molecule has 1 spiro atoms. The molecule has 2 aromatic heterocycles. The topological polar surface area (TPSA) is 84.5 Å². The van der Waals surface area contributed by atoms with Crippen molar-refractivity contribution in [1.82, 2.24) is 25.0 Å². The van der Waals surface area contributed by atoms with Crippen LogP contribution in [0, 0.1) is 0 Å². The predicted molar refractivity (Wildman–Crippen MR) is 118 cm³/mol. The quantitative estimate of drug-likeness (QED) is 0.368. The van der Waals surface area contributed by atoms with Crippen LogP contribution >= 0.6 is 0 Å². The Balaban J connectivity index is 1.49. The molecule has 4 heterocycles. The summed E-state index contributed by atoms with van der Waals surface area (Å²) in [5, 5.41) is 16.1. The lowest BCUT2D eigenvalue weighted by molar-refractivity contribution is -0.138. The maximum Gasteiger partial charge on any atom is 0.416 e. The molecular weight excluding hydrogens is 483 g/mol. The van der Waals surface area contributed by atoms with Crippen molar-refractivity contribution in [1.29, 1.82) is 0 Å². The zero-order valence-electron chi connectivity index (χ0n) is 18.5. The van der Waals surface area contributed by atoms with E-state index < -0.39 is 29.1 Å². The first-order valence-corrected chi connectivity index (χ1v) is 11.1. The molecule has 0 unspecified atom stereocenters. The average Bonchev–Trinajstić information content (AvgIpc) is 3.30. The summed E-state index contributed by atoms with van der Waals surface area (Å²) < 4.78 is 72.9. The normalized spacial score (nSPS) is 16.9. The summed E-state index contributed by atoms with van der Waals surface area (Å²) >= 11 is 0. The number of benzene rings is 2. The van der Waals surface area contributed by atoms with Gasteiger partial charge in [0.05, 0.1) is 18.7 Å². The predicted octanol–water partition coefficient (Wildman–Crippen LogP) is 4.80. The zero-order chi connectivity index (χ0) is 25.1. The summed E-state index contributed by atoms with van der Waals surface area (Å²) in [7, 11) is 0. The second kappa shape index (κ2) is 7.73. The minimum Gasteiger partial charge on any atom is -0.350 e. The number of fused-ring (bicyclic) bond motifs is 1. The largest absolute Gasteiger partial charge is 0.416 e. The number of nitrogens with zero attached hydrogens (tertiary/aromatic N) is 8. The van der Waals surface area contributed by atoms with Crippen LogP contribution in [-0.4, -0.2) is 43.7 Å². The lowest BCUT2D eigenvalue weighted by atomic mass is 10.1. The van der Waals surface area contributed by atoms with Crippen molar-refractivity contribution >= 4 is 17.0 Å². The fourth-order valence-electron chi connectivity index (χ4n) is 4.37. The molecule has 8 nitrogen and oxygen atoms in total. The Morgan fingerprint density at radius 2 is 1.61 bits per heavy atom. The standard InChI is InChI=1S/C23H17F5N8/c24-22(25,15-7-2-1-3-8-15)20-29-18(35-11-10-21(13-35)32-33-21)17-19(30-20)36(34-31-17)12-14-6-4-5-9-16(14)23(26,27)28/h1-9H,10-13H2. The number of anilines is 1. The highest BCUT2D eigenvalue weighted by Crippen LogP contribution is 2.42. The molecule has 0 N–H and O–H groups in total. The Morgan fingerprint density at radius 1 is 0.889 bits per heavy atom. The first kappa shape index (κ1) is 22.4. The van der Waals surface area contributed by atoms with Gasteiger partial charge in [0.25, 0.3) is 0 Å². The molecule has 2 aliphatic heterocycles. The van der Waals surface area contributed by atoms with Crippen LogP contribution in [0.2, 0.25) is 0 Å². The molecule has 6 rings (SSSR count). The van der Waals surface area contributed by atoms with Crippen molar-refractivity contribution in [2.24, 2.45) is 10.2 Å². The highest BCUT2D eigenvalue weighted by Gasteiger charge is 2.48.